The van der Waals surface area contributed by atoms with Gasteiger partial charge in [0.2, 0.25) is 0 Å². The summed E-state index contributed by atoms with van der Waals surface area (Å²) < 4.78 is 5.31. The summed E-state index contributed by atoms with van der Waals surface area (Å²) in [4.78, 5) is 0. The minimum Gasteiger partial charge on any atom is -0.393 e. The first-order valence-corrected chi connectivity index (χ1v) is 3.55. The lowest BCUT2D eigenvalue weighted by Gasteiger charge is -2.24. The van der Waals surface area contributed by atoms with E-state index in [1.165, 1.54) is 0 Å². The highest BCUT2D eigenvalue weighted by molar-refractivity contribution is 4.91. The summed E-state index contributed by atoms with van der Waals surface area (Å²) in [5, 5.41) is 18.2. The fourth-order valence-corrected chi connectivity index (χ4v) is 1.29. The molecule has 3 nitrogen and oxygen atoms in total. The zero-order chi connectivity index (χ0) is 7.78. The van der Waals surface area contributed by atoms with Crippen molar-refractivity contribution >= 4 is 0 Å². The van der Waals surface area contributed by atoms with E-state index in [0.717, 1.165) is 0 Å². The molecule has 0 aromatic carbocycles. The molecule has 0 radical (unpaired) electrons. The van der Waals surface area contributed by atoms with Gasteiger partial charge in [-0.3, -0.25) is 0 Å². The standard InChI is InChI=1S/C7H14O3/c1-5-3-6(9)7(2,4-8)10-5/h5-6,8-9H,3-4H2,1-2H3/t5-,6?,7+/m0/s1. The second-order valence-corrected chi connectivity index (χ2v) is 3.15. The Balaban J connectivity index is 2.61. The zero-order valence-electron chi connectivity index (χ0n) is 6.37. The number of hydrogen-bond donors (Lipinski definition) is 2. The van der Waals surface area contributed by atoms with E-state index >= 15 is 0 Å². The van der Waals surface area contributed by atoms with Gasteiger partial charge in [-0.25, -0.2) is 0 Å². The Morgan fingerprint density at radius 1 is 1.70 bits per heavy atom. The molecule has 1 aliphatic heterocycles. The molecule has 0 amide bonds. The first-order valence-electron chi connectivity index (χ1n) is 3.55. The molecule has 1 fully saturated rings. The van der Waals surface area contributed by atoms with Crippen molar-refractivity contribution in [1.82, 2.24) is 0 Å². The normalized spacial score (nSPS) is 48.0. The SMILES string of the molecule is C[C@H]1CC(O)[C@@](C)(CO)O1. The van der Waals surface area contributed by atoms with Crippen LogP contribution in [0.5, 0.6) is 0 Å². The van der Waals surface area contributed by atoms with Crippen LogP contribution in [0, 0.1) is 0 Å². The van der Waals surface area contributed by atoms with Gasteiger partial charge in [0.15, 0.2) is 0 Å². The predicted octanol–water partition coefficient (Wildman–Crippen LogP) is -0.0929. The maximum Gasteiger partial charge on any atom is 0.115 e. The van der Waals surface area contributed by atoms with Crippen LogP contribution in [0.25, 0.3) is 0 Å². The van der Waals surface area contributed by atoms with Gasteiger partial charge in [0.25, 0.3) is 0 Å². The van der Waals surface area contributed by atoms with Crippen LogP contribution >= 0.6 is 0 Å². The van der Waals surface area contributed by atoms with Crippen molar-refractivity contribution in [3.8, 4) is 0 Å². The number of hydrogen-bond acceptors (Lipinski definition) is 3. The van der Waals surface area contributed by atoms with Crippen molar-refractivity contribution in [2.75, 3.05) is 6.61 Å². The lowest BCUT2D eigenvalue weighted by molar-refractivity contribution is -0.0946. The van der Waals surface area contributed by atoms with E-state index in [1.54, 1.807) is 6.92 Å². The Hall–Kier alpha value is -0.120. The van der Waals surface area contributed by atoms with E-state index in [1.807, 2.05) is 6.92 Å². The molecule has 0 spiro atoms. The Morgan fingerprint density at radius 2 is 2.30 bits per heavy atom. The van der Waals surface area contributed by atoms with Gasteiger partial charge in [-0.05, 0) is 13.8 Å². The van der Waals surface area contributed by atoms with Crippen LogP contribution in [-0.4, -0.2) is 34.6 Å². The number of rotatable bonds is 1. The molecule has 3 heteroatoms. The first-order chi connectivity index (χ1) is 4.58. The third kappa shape index (κ3) is 1.17. The van der Waals surface area contributed by atoms with Gasteiger partial charge in [-0.1, -0.05) is 0 Å². The number of aliphatic hydroxyl groups excluding tert-OH is 2. The number of ether oxygens (including phenoxy) is 1. The maximum absolute atomic E-state index is 9.33. The van der Waals surface area contributed by atoms with Gasteiger partial charge in [-0.2, -0.15) is 0 Å². The lowest BCUT2D eigenvalue weighted by Crippen LogP contribution is -2.39. The first kappa shape index (κ1) is 7.98. The summed E-state index contributed by atoms with van der Waals surface area (Å²) in [5.74, 6) is 0. The van der Waals surface area contributed by atoms with Crippen molar-refractivity contribution in [2.24, 2.45) is 0 Å². The smallest absolute Gasteiger partial charge is 0.115 e. The summed E-state index contributed by atoms with van der Waals surface area (Å²) >= 11 is 0. The van der Waals surface area contributed by atoms with E-state index in [-0.39, 0.29) is 12.7 Å². The summed E-state index contributed by atoms with van der Waals surface area (Å²) in [7, 11) is 0. The molecule has 1 rings (SSSR count). The van der Waals surface area contributed by atoms with Crippen molar-refractivity contribution < 1.29 is 14.9 Å². The Kier molecular flexibility index (Phi) is 1.99. The van der Waals surface area contributed by atoms with E-state index in [0.29, 0.717) is 6.42 Å². The minimum absolute atomic E-state index is 0.0622. The second kappa shape index (κ2) is 2.49. The molecule has 1 heterocycles. The highest BCUT2D eigenvalue weighted by atomic mass is 16.5. The summed E-state index contributed by atoms with van der Waals surface area (Å²) in [6.45, 7) is 3.50. The fraction of sp³-hybridized carbons (Fsp3) is 1.00. The summed E-state index contributed by atoms with van der Waals surface area (Å²) in [5.41, 5.74) is -0.723. The van der Waals surface area contributed by atoms with Crippen LogP contribution in [0.15, 0.2) is 0 Å². The maximum atomic E-state index is 9.33. The highest BCUT2D eigenvalue weighted by Gasteiger charge is 2.41. The summed E-state index contributed by atoms with van der Waals surface area (Å²) in [6.07, 6.45) is 0.163. The summed E-state index contributed by atoms with van der Waals surface area (Å²) in [6, 6.07) is 0. The lowest BCUT2D eigenvalue weighted by atomic mass is 10.0. The van der Waals surface area contributed by atoms with E-state index in [9.17, 15) is 5.11 Å². The highest BCUT2D eigenvalue weighted by Crippen LogP contribution is 2.29. The van der Waals surface area contributed by atoms with Gasteiger partial charge >= 0.3 is 0 Å². The van der Waals surface area contributed by atoms with Crippen LogP contribution < -0.4 is 0 Å². The molecule has 1 aliphatic rings. The van der Waals surface area contributed by atoms with Gasteiger partial charge in [0.05, 0.1) is 18.8 Å². The van der Waals surface area contributed by atoms with Crippen molar-refractivity contribution in [3.05, 3.63) is 0 Å². The van der Waals surface area contributed by atoms with Gasteiger partial charge in [0.1, 0.15) is 5.60 Å². The van der Waals surface area contributed by atoms with Crippen LogP contribution in [0.3, 0.4) is 0 Å². The second-order valence-electron chi connectivity index (χ2n) is 3.15. The zero-order valence-corrected chi connectivity index (χ0v) is 6.37. The van der Waals surface area contributed by atoms with Crippen LogP contribution in [0.2, 0.25) is 0 Å². The molecule has 60 valence electrons. The van der Waals surface area contributed by atoms with Crippen molar-refractivity contribution in [1.29, 1.82) is 0 Å². The van der Waals surface area contributed by atoms with Crippen molar-refractivity contribution in [2.45, 2.75) is 38.1 Å². The Bertz CT molecular complexity index is 126. The molecular formula is C7H14O3. The fourth-order valence-electron chi connectivity index (χ4n) is 1.29. The van der Waals surface area contributed by atoms with Gasteiger partial charge in [-0.15, -0.1) is 0 Å². The van der Waals surface area contributed by atoms with Crippen LogP contribution in [-0.2, 0) is 4.74 Å². The average Bonchev–Trinajstić information content (AvgIpc) is 2.09. The van der Waals surface area contributed by atoms with Crippen molar-refractivity contribution in [3.63, 3.8) is 0 Å². The molecule has 1 unspecified atom stereocenters. The Morgan fingerprint density at radius 3 is 2.50 bits per heavy atom. The largest absolute Gasteiger partial charge is 0.393 e. The molecule has 0 saturated carbocycles. The third-order valence-corrected chi connectivity index (χ3v) is 2.04. The minimum atomic E-state index is -0.723. The Labute approximate surface area is 60.6 Å². The van der Waals surface area contributed by atoms with Crippen LogP contribution in [0.1, 0.15) is 20.3 Å². The average molecular weight is 146 g/mol. The molecule has 0 bridgehead atoms. The molecule has 0 aromatic rings. The molecule has 2 N–H and O–H groups in total. The third-order valence-electron chi connectivity index (χ3n) is 2.04. The van der Waals surface area contributed by atoms with E-state index < -0.39 is 11.7 Å². The monoisotopic (exact) mass is 146 g/mol. The quantitative estimate of drug-likeness (QED) is 0.543. The molecule has 0 aliphatic carbocycles. The molecule has 3 atom stereocenters. The topological polar surface area (TPSA) is 49.7 Å². The molecular weight excluding hydrogens is 132 g/mol. The van der Waals surface area contributed by atoms with Crippen LogP contribution in [0.4, 0.5) is 0 Å². The molecule has 1 saturated heterocycles. The van der Waals surface area contributed by atoms with E-state index in [4.69, 9.17) is 9.84 Å². The predicted molar refractivity (Wildman–Crippen MR) is 36.7 cm³/mol. The van der Waals surface area contributed by atoms with E-state index in [2.05, 4.69) is 0 Å². The molecule has 0 aromatic heterocycles. The number of aliphatic hydroxyl groups is 2. The molecule has 10 heavy (non-hydrogen) atoms. The van der Waals surface area contributed by atoms with Gasteiger partial charge < -0.3 is 14.9 Å². The van der Waals surface area contributed by atoms with Gasteiger partial charge in [0, 0.05) is 6.42 Å².